The Kier molecular flexibility index (Phi) is 7.62. The second-order valence-corrected chi connectivity index (χ2v) is 8.47. The van der Waals surface area contributed by atoms with Gasteiger partial charge in [-0.25, -0.2) is 9.97 Å². The number of hydrogen-bond donors (Lipinski definition) is 0. The Morgan fingerprint density at radius 1 is 1.21 bits per heavy atom. The van der Waals surface area contributed by atoms with Gasteiger partial charge in [-0.1, -0.05) is 11.8 Å². The largest absolute Gasteiger partial charge is 0.497 e. The average Bonchev–Trinajstić information content (AvgIpc) is 3.09. The van der Waals surface area contributed by atoms with Crippen LogP contribution in [0.3, 0.4) is 0 Å². The van der Waals surface area contributed by atoms with Crippen molar-refractivity contribution in [3.63, 3.8) is 0 Å². The first kappa shape index (κ1) is 24.6. The molecule has 11 heteroatoms. The first-order chi connectivity index (χ1) is 15.6. The van der Waals surface area contributed by atoms with E-state index in [0.29, 0.717) is 17.9 Å². The van der Waals surface area contributed by atoms with Crippen molar-refractivity contribution in [3.05, 3.63) is 53.5 Å². The number of carbonyl (C=O) groups is 1. The van der Waals surface area contributed by atoms with Gasteiger partial charge < -0.3 is 9.64 Å². The van der Waals surface area contributed by atoms with Crippen molar-refractivity contribution >= 4 is 17.7 Å². The SMILES string of the molecule is COc1ccc(-c2cc(C(F)(F)F)nc(SCCC(=O)N(C)Cc3cn(C)nc3C)n2)cc1. The molecule has 0 aliphatic heterocycles. The molecule has 0 N–H and O–H groups in total. The van der Waals surface area contributed by atoms with E-state index in [4.69, 9.17) is 4.74 Å². The number of aryl methyl sites for hydroxylation is 2. The number of amides is 1. The smallest absolute Gasteiger partial charge is 0.433 e. The highest BCUT2D eigenvalue weighted by Gasteiger charge is 2.34. The van der Waals surface area contributed by atoms with Gasteiger partial charge in [-0.05, 0) is 37.3 Å². The predicted octanol–water partition coefficient (Wildman–Crippen LogP) is 4.35. The normalized spacial score (nSPS) is 11.5. The van der Waals surface area contributed by atoms with Crippen LogP contribution < -0.4 is 4.74 Å². The van der Waals surface area contributed by atoms with E-state index in [1.165, 1.54) is 7.11 Å². The van der Waals surface area contributed by atoms with E-state index in [-0.39, 0.29) is 28.9 Å². The Morgan fingerprint density at radius 2 is 1.91 bits per heavy atom. The molecule has 0 bridgehead atoms. The number of thioether (sulfide) groups is 1. The lowest BCUT2D eigenvalue weighted by molar-refractivity contribution is -0.141. The van der Waals surface area contributed by atoms with Gasteiger partial charge in [0, 0.05) is 50.1 Å². The zero-order chi connectivity index (χ0) is 24.2. The lowest BCUT2D eigenvalue weighted by Gasteiger charge is -2.16. The summed E-state index contributed by atoms with van der Waals surface area (Å²) in [5.41, 5.74) is 1.41. The summed E-state index contributed by atoms with van der Waals surface area (Å²) in [7, 11) is 5.00. The molecule has 7 nitrogen and oxygen atoms in total. The van der Waals surface area contributed by atoms with E-state index in [1.54, 1.807) is 40.9 Å². The molecular formula is C22H24F3N5O2S. The number of hydrogen-bond acceptors (Lipinski definition) is 6. The van der Waals surface area contributed by atoms with Gasteiger partial charge >= 0.3 is 6.18 Å². The fourth-order valence-corrected chi connectivity index (χ4v) is 3.90. The van der Waals surface area contributed by atoms with Gasteiger partial charge in [0.15, 0.2) is 5.16 Å². The molecular weight excluding hydrogens is 455 g/mol. The van der Waals surface area contributed by atoms with Gasteiger partial charge in [0.05, 0.1) is 18.5 Å². The Labute approximate surface area is 194 Å². The third kappa shape index (κ3) is 6.47. The molecule has 0 radical (unpaired) electrons. The first-order valence-electron chi connectivity index (χ1n) is 10.0. The molecule has 1 amide bonds. The minimum absolute atomic E-state index is 0.0331. The molecule has 0 aliphatic rings. The summed E-state index contributed by atoms with van der Waals surface area (Å²) in [5, 5.41) is 4.22. The number of nitrogens with zero attached hydrogens (tertiary/aromatic N) is 5. The van der Waals surface area contributed by atoms with E-state index >= 15 is 0 Å². The first-order valence-corrected chi connectivity index (χ1v) is 11.0. The monoisotopic (exact) mass is 479 g/mol. The number of benzene rings is 1. The van der Waals surface area contributed by atoms with Crippen LogP contribution in [0.25, 0.3) is 11.3 Å². The average molecular weight is 480 g/mol. The highest BCUT2D eigenvalue weighted by atomic mass is 32.2. The number of methoxy groups -OCH3 is 1. The Hall–Kier alpha value is -3.08. The minimum Gasteiger partial charge on any atom is -0.497 e. The van der Waals surface area contributed by atoms with Crippen LogP contribution in [0.4, 0.5) is 13.2 Å². The predicted molar refractivity (Wildman–Crippen MR) is 119 cm³/mol. The number of rotatable bonds is 8. The fourth-order valence-electron chi connectivity index (χ4n) is 3.11. The molecule has 33 heavy (non-hydrogen) atoms. The van der Waals surface area contributed by atoms with Gasteiger partial charge in [0.2, 0.25) is 5.91 Å². The molecule has 1 aromatic carbocycles. The van der Waals surface area contributed by atoms with Crippen molar-refractivity contribution in [1.82, 2.24) is 24.6 Å². The van der Waals surface area contributed by atoms with Crippen LogP contribution in [-0.4, -0.2) is 50.5 Å². The summed E-state index contributed by atoms with van der Waals surface area (Å²) in [6.45, 7) is 2.28. The molecule has 0 saturated carbocycles. The van der Waals surface area contributed by atoms with Crippen molar-refractivity contribution < 1.29 is 22.7 Å². The minimum atomic E-state index is -4.61. The van der Waals surface area contributed by atoms with E-state index in [9.17, 15) is 18.0 Å². The van der Waals surface area contributed by atoms with Gasteiger partial charge in [0.25, 0.3) is 0 Å². The van der Waals surface area contributed by atoms with E-state index in [2.05, 4.69) is 15.1 Å². The van der Waals surface area contributed by atoms with Crippen LogP contribution in [0.15, 0.2) is 41.7 Å². The highest BCUT2D eigenvalue weighted by Crippen LogP contribution is 2.32. The second kappa shape index (κ2) is 10.2. The second-order valence-electron chi connectivity index (χ2n) is 7.41. The molecule has 0 unspecified atom stereocenters. The van der Waals surface area contributed by atoms with Crippen LogP contribution in [0, 0.1) is 6.92 Å². The summed E-state index contributed by atoms with van der Waals surface area (Å²) < 4.78 is 47.0. The lowest BCUT2D eigenvalue weighted by Crippen LogP contribution is -2.26. The highest BCUT2D eigenvalue weighted by molar-refractivity contribution is 7.99. The van der Waals surface area contributed by atoms with Crippen molar-refractivity contribution in [2.24, 2.45) is 7.05 Å². The van der Waals surface area contributed by atoms with Crippen LogP contribution in [-0.2, 0) is 24.6 Å². The maximum atomic E-state index is 13.4. The van der Waals surface area contributed by atoms with E-state index in [0.717, 1.165) is 29.1 Å². The molecule has 2 aromatic heterocycles. The van der Waals surface area contributed by atoms with Crippen molar-refractivity contribution in [1.29, 1.82) is 0 Å². The number of alkyl halides is 3. The summed E-state index contributed by atoms with van der Waals surface area (Å²) in [6.07, 6.45) is -2.62. The van der Waals surface area contributed by atoms with E-state index in [1.807, 2.05) is 20.2 Å². The Bertz CT molecular complexity index is 1120. The zero-order valence-corrected chi connectivity index (χ0v) is 19.5. The quantitative estimate of drug-likeness (QED) is 0.353. The maximum absolute atomic E-state index is 13.4. The van der Waals surface area contributed by atoms with E-state index < -0.39 is 11.9 Å². The topological polar surface area (TPSA) is 73.1 Å². The molecule has 0 fully saturated rings. The van der Waals surface area contributed by atoms with Gasteiger partial charge in [-0.15, -0.1) is 0 Å². The standard InChI is InChI=1S/C22H24F3N5O2S/c1-14-16(13-30(3)28-14)12-29(2)20(31)9-10-33-21-26-18(11-19(27-21)22(23,24)25)15-5-7-17(32-4)8-6-15/h5-8,11,13H,9-10,12H2,1-4H3. The molecule has 0 aliphatic carbocycles. The van der Waals surface area contributed by atoms with Gasteiger partial charge in [-0.2, -0.15) is 18.3 Å². The molecule has 3 aromatic rings. The summed E-state index contributed by atoms with van der Waals surface area (Å²) >= 11 is 1.02. The van der Waals surface area contributed by atoms with Gasteiger partial charge in [0.1, 0.15) is 11.4 Å². The van der Waals surface area contributed by atoms with Crippen molar-refractivity contribution in [3.8, 4) is 17.0 Å². The number of ether oxygens (including phenoxy) is 1. The molecule has 2 heterocycles. The third-order valence-corrected chi connectivity index (χ3v) is 5.73. The Morgan fingerprint density at radius 3 is 2.48 bits per heavy atom. The summed E-state index contributed by atoms with van der Waals surface area (Å²) in [6, 6.07) is 7.48. The van der Waals surface area contributed by atoms with Crippen LogP contribution in [0.5, 0.6) is 5.75 Å². The molecule has 0 spiro atoms. The van der Waals surface area contributed by atoms with Crippen molar-refractivity contribution in [2.45, 2.75) is 31.2 Å². The Balaban J connectivity index is 1.69. The number of halogens is 3. The summed E-state index contributed by atoms with van der Waals surface area (Å²) in [5.74, 6) is 0.703. The molecule has 176 valence electrons. The molecule has 0 saturated heterocycles. The van der Waals surface area contributed by atoms with Gasteiger partial charge in [-0.3, -0.25) is 9.48 Å². The van der Waals surface area contributed by atoms with Crippen LogP contribution >= 0.6 is 11.8 Å². The zero-order valence-electron chi connectivity index (χ0n) is 18.7. The number of carbonyl (C=O) groups excluding carboxylic acids is 1. The molecule has 0 atom stereocenters. The number of aromatic nitrogens is 4. The van der Waals surface area contributed by atoms with Crippen LogP contribution in [0.2, 0.25) is 0 Å². The fraction of sp³-hybridized carbons (Fsp3) is 0.364. The summed E-state index contributed by atoms with van der Waals surface area (Å²) in [4.78, 5) is 22.0. The van der Waals surface area contributed by atoms with Crippen molar-refractivity contribution in [2.75, 3.05) is 19.9 Å². The maximum Gasteiger partial charge on any atom is 0.433 e. The molecule has 3 rings (SSSR count). The van der Waals surface area contributed by atoms with Crippen LogP contribution in [0.1, 0.15) is 23.4 Å². The third-order valence-electron chi connectivity index (χ3n) is 4.88. The lowest BCUT2D eigenvalue weighted by atomic mass is 10.1.